The third kappa shape index (κ3) is 6.46. The van der Waals surface area contributed by atoms with Gasteiger partial charge in [-0.1, -0.05) is 48.1 Å². The molecule has 4 heterocycles. The van der Waals surface area contributed by atoms with Gasteiger partial charge in [-0.2, -0.15) is 0 Å². The van der Waals surface area contributed by atoms with Crippen molar-refractivity contribution in [2.24, 2.45) is 0 Å². The Balaban J connectivity index is 1.29. The molecule has 0 bridgehead atoms. The second-order valence-electron chi connectivity index (χ2n) is 9.48. The van der Waals surface area contributed by atoms with Gasteiger partial charge in [0.1, 0.15) is 16.2 Å². The zero-order chi connectivity index (χ0) is 24.6. The van der Waals surface area contributed by atoms with Gasteiger partial charge in [0.25, 0.3) is 0 Å². The number of hydrogen-bond donors (Lipinski definition) is 1. The third-order valence-electron chi connectivity index (χ3n) is 6.93. The number of hydrogen-bond acceptors (Lipinski definition) is 7. The van der Waals surface area contributed by atoms with Gasteiger partial charge >= 0.3 is 0 Å². The number of nitrogens with one attached hydrogen (secondary N) is 1. The van der Waals surface area contributed by atoms with Gasteiger partial charge in [0.2, 0.25) is 0 Å². The fourth-order valence-electron chi connectivity index (χ4n) is 4.91. The number of pyridine rings is 2. The Kier molecular flexibility index (Phi) is 8.54. The summed E-state index contributed by atoms with van der Waals surface area (Å²) < 4.78 is 5.29. The second-order valence-corrected chi connectivity index (χ2v) is 10.5. The minimum Gasteiger partial charge on any atom is -0.383 e. The molecule has 1 fully saturated rings. The van der Waals surface area contributed by atoms with Gasteiger partial charge in [-0.3, -0.25) is 0 Å². The number of anilines is 2. The van der Waals surface area contributed by atoms with Gasteiger partial charge in [0.05, 0.1) is 12.3 Å². The van der Waals surface area contributed by atoms with Gasteiger partial charge in [-0.25, -0.2) is 15.0 Å². The summed E-state index contributed by atoms with van der Waals surface area (Å²) in [5, 5.41) is 4.27. The summed E-state index contributed by atoms with van der Waals surface area (Å²) in [5.41, 5.74) is 4.37. The largest absolute Gasteiger partial charge is 0.383 e. The van der Waals surface area contributed by atoms with Gasteiger partial charge < -0.3 is 15.0 Å². The zero-order valence-corrected chi connectivity index (χ0v) is 21.8. The van der Waals surface area contributed by atoms with E-state index in [1.165, 1.54) is 37.8 Å². The topological polar surface area (TPSA) is 63.2 Å². The van der Waals surface area contributed by atoms with Crippen molar-refractivity contribution in [3.05, 3.63) is 72.1 Å². The van der Waals surface area contributed by atoms with Crippen molar-refractivity contribution in [3.8, 4) is 0 Å². The summed E-state index contributed by atoms with van der Waals surface area (Å²) in [5.74, 6) is 1.40. The molecule has 1 saturated heterocycles. The van der Waals surface area contributed by atoms with Crippen LogP contribution in [-0.4, -0.2) is 53.2 Å². The lowest BCUT2D eigenvalue weighted by Gasteiger charge is -2.28. The predicted octanol–water partition coefficient (Wildman–Crippen LogP) is 6.73. The van der Waals surface area contributed by atoms with Crippen LogP contribution in [0.2, 0.25) is 0 Å². The van der Waals surface area contributed by atoms with Crippen LogP contribution in [0.3, 0.4) is 0 Å². The maximum atomic E-state index is 5.29. The highest BCUT2D eigenvalue weighted by molar-refractivity contribution is 7.21. The van der Waals surface area contributed by atoms with Crippen LogP contribution in [0.4, 0.5) is 10.9 Å². The van der Waals surface area contributed by atoms with Gasteiger partial charge in [-0.15, -0.1) is 0 Å². The van der Waals surface area contributed by atoms with E-state index in [4.69, 9.17) is 14.7 Å². The molecule has 0 aromatic carbocycles. The molecule has 3 aromatic heterocycles. The van der Waals surface area contributed by atoms with Crippen LogP contribution in [0.5, 0.6) is 0 Å². The number of allylic oxidation sites excluding steroid dienone is 6. The standard InChI is InChI=1S/C29H35N5OS/c1-35-20-19-34-17-8-7-9-22(15-18-34)24-14-16-30-27(21-24)33-29-32-26-13-12-25(31-28(26)36-29)23-10-5-3-2-4-6-11-23/h3,5-6,10-14,16,21-22H,2,4,7-9,15,17-20H2,1H3,(H,30,32,33). The molecule has 36 heavy (non-hydrogen) atoms. The molecular formula is C29H35N5OS. The fourth-order valence-corrected chi connectivity index (χ4v) is 5.75. The average molecular weight is 502 g/mol. The van der Waals surface area contributed by atoms with Crippen molar-refractivity contribution in [2.75, 3.05) is 38.7 Å². The molecule has 0 saturated carbocycles. The highest BCUT2D eigenvalue weighted by Gasteiger charge is 2.18. The number of methoxy groups -OCH3 is 1. The van der Waals surface area contributed by atoms with Gasteiger partial charge in [0.15, 0.2) is 5.13 Å². The number of aromatic nitrogens is 3. The summed E-state index contributed by atoms with van der Waals surface area (Å²) in [6.07, 6.45) is 19.8. The summed E-state index contributed by atoms with van der Waals surface area (Å²) in [6.45, 7) is 4.12. The first kappa shape index (κ1) is 24.8. The Morgan fingerprint density at radius 1 is 1.08 bits per heavy atom. The Morgan fingerprint density at radius 2 is 2.03 bits per heavy atom. The number of ether oxygens (including phenoxy) is 1. The molecule has 6 nitrogen and oxygen atoms in total. The highest BCUT2D eigenvalue weighted by atomic mass is 32.1. The van der Waals surface area contributed by atoms with Crippen LogP contribution in [0.25, 0.3) is 15.9 Å². The minimum absolute atomic E-state index is 0.553. The van der Waals surface area contributed by atoms with E-state index in [-0.39, 0.29) is 0 Å². The van der Waals surface area contributed by atoms with E-state index < -0.39 is 0 Å². The highest BCUT2D eigenvalue weighted by Crippen LogP contribution is 2.32. The van der Waals surface area contributed by atoms with Crippen molar-refractivity contribution >= 4 is 38.2 Å². The first-order chi connectivity index (χ1) is 17.8. The number of rotatable bonds is 7. The summed E-state index contributed by atoms with van der Waals surface area (Å²) >= 11 is 1.57. The Hall–Kier alpha value is -2.87. The van der Waals surface area contributed by atoms with Crippen molar-refractivity contribution in [3.63, 3.8) is 0 Å². The van der Waals surface area contributed by atoms with E-state index in [9.17, 15) is 0 Å². The van der Waals surface area contributed by atoms with Crippen molar-refractivity contribution < 1.29 is 4.74 Å². The van der Waals surface area contributed by atoms with E-state index in [0.717, 1.165) is 65.1 Å². The van der Waals surface area contributed by atoms with Crippen molar-refractivity contribution in [2.45, 2.75) is 44.4 Å². The molecule has 1 aliphatic carbocycles. The van der Waals surface area contributed by atoms with Crippen molar-refractivity contribution in [1.29, 1.82) is 0 Å². The monoisotopic (exact) mass is 501 g/mol. The normalized spacial score (nSPS) is 19.4. The quantitative estimate of drug-likeness (QED) is 0.387. The molecule has 1 aliphatic heterocycles. The molecule has 0 spiro atoms. The molecule has 1 N–H and O–H groups in total. The number of fused-ring (bicyclic) bond motifs is 1. The number of thiazole rings is 1. The molecule has 0 radical (unpaired) electrons. The SMILES string of the molecule is COCCN1CCCCC(c2ccnc(Nc3nc4ccc(C5=CC=CCCC=C5)nc4s3)c2)CC1. The first-order valence-corrected chi connectivity index (χ1v) is 13.9. The van der Waals surface area contributed by atoms with Crippen LogP contribution < -0.4 is 5.32 Å². The zero-order valence-electron chi connectivity index (χ0n) is 21.0. The van der Waals surface area contributed by atoms with Crippen LogP contribution >= 0.6 is 11.3 Å². The Morgan fingerprint density at radius 3 is 2.97 bits per heavy atom. The Labute approximate surface area is 217 Å². The summed E-state index contributed by atoms with van der Waals surface area (Å²) in [7, 11) is 1.78. The molecular weight excluding hydrogens is 466 g/mol. The molecule has 1 unspecified atom stereocenters. The molecule has 5 rings (SSSR count). The summed E-state index contributed by atoms with van der Waals surface area (Å²) in [4.78, 5) is 17.7. The fraction of sp³-hybridized carbons (Fsp3) is 0.414. The van der Waals surface area contributed by atoms with E-state index in [0.29, 0.717) is 5.92 Å². The maximum absolute atomic E-state index is 5.29. The Bertz CT molecular complexity index is 1250. The predicted molar refractivity (Wildman–Crippen MR) is 150 cm³/mol. The lowest BCUT2D eigenvalue weighted by Crippen LogP contribution is -2.31. The number of nitrogens with zero attached hydrogens (tertiary/aromatic N) is 4. The molecule has 7 heteroatoms. The maximum Gasteiger partial charge on any atom is 0.190 e. The van der Waals surface area contributed by atoms with Gasteiger partial charge in [-0.05, 0) is 86.5 Å². The van der Waals surface area contributed by atoms with E-state index in [2.05, 4.69) is 69.8 Å². The van der Waals surface area contributed by atoms with Gasteiger partial charge in [0, 0.05) is 19.9 Å². The molecule has 1 atom stereocenters. The third-order valence-corrected chi connectivity index (χ3v) is 7.81. The van der Waals surface area contributed by atoms with Crippen LogP contribution in [0, 0.1) is 0 Å². The second kappa shape index (κ2) is 12.4. The first-order valence-electron chi connectivity index (χ1n) is 13.0. The lowest BCUT2D eigenvalue weighted by atomic mass is 9.89. The molecule has 3 aromatic rings. The van der Waals surface area contributed by atoms with Crippen LogP contribution in [-0.2, 0) is 4.74 Å². The average Bonchev–Trinajstić information content (AvgIpc) is 3.25. The lowest BCUT2D eigenvalue weighted by molar-refractivity contribution is 0.140. The minimum atomic E-state index is 0.553. The molecule has 0 amide bonds. The van der Waals surface area contributed by atoms with E-state index in [1.54, 1.807) is 18.4 Å². The molecule has 2 aliphatic rings. The smallest absolute Gasteiger partial charge is 0.190 e. The van der Waals surface area contributed by atoms with Crippen LogP contribution in [0.1, 0.15) is 55.7 Å². The van der Waals surface area contributed by atoms with Crippen LogP contribution in [0.15, 0.2) is 60.8 Å². The van der Waals surface area contributed by atoms with E-state index >= 15 is 0 Å². The van der Waals surface area contributed by atoms with E-state index in [1.807, 2.05) is 6.20 Å². The molecule has 188 valence electrons. The number of likely N-dealkylation sites (tertiary alicyclic amines) is 1. The summed E-state index contributed by atoms with van der Waals surface area (Å²) in [6, 6.07) is 8.49. The van der Waals surface area contributed by atoms with Crippen molar-refractivity contribution in [1.82, 2.24) is 19.9 Å².